The maximum absolute atomic E-state index is 11.9. The molecule has 138 valence electrons. The molecule has 0 saturated heterocycles. The molecule has 1 heterocycles. The minimum atomic E-state index is -0.782. The van der Waals surface area contributed by atoms with E-state index in [-0.39, 0.29) is 11.4 Å². The minimum absolute atomic E-state index is 0.0174. The monoisotopic (exact) mass is 377 g/mol. The second kappa shape index (κ2) is 9.62. The zero-order chi connectivity index (χ0) is 18.9. The van der Waals surface area contributed by atoms with Gasteiger partial charge in [0.2, 0.25) is 0 Å². The van der Waals surface area contributed by atoms with Crippen molar-refractivity contribution in [1.82, 2.24) is 9.88 Å². The first kappa shape index (κ1) is 19.5. The first-order valence-electron chi connectivity index (χ1n) is 7.90. The summed E-state index contributed by atoms with van der Waals surface area (Å²) < 4.78 is 6.18. The Hall–Kier alpha value is -2.81. The molecule has 1 amide bonds. The number of esters is 1. The minimum Gasteiger partial charge on any atom is -0.451 e. The van der Waals surface area contributed by atoms with E-state index >= 15 is 0 Å². The van der Waals surface area contributed by atoms with Crippen molar-refractivity contribution in [2.75, 3.05) is 18.9 Å². The molecule has 0 radical (unpaired) electrons. The van der Waals surface area contributed by atoms with E-state index in [1.54, 1.807) is 11.8 Å². The predicted molar refractivity (Wildman–Crippen MR) is 97.1 cm³/mol. The molecule has 9 heteroatoms. The Balaban J connectivity index is 1.65. The van der Waals surface area contributed by atoms with Crippen LogP contribution >= 0.6 is 11.8 Å². The van der Waals surface area contributed by atoms with Gasteiger partial charge in [-0.25, -0.2) is 4.79 Å². The number of ether oxygens (including phenoxy) is 1. The molecular weight excluding hydrogens is 358 g/mol. The number of rotatable bonds is 9. The lowest BCUT2D eigenvalue weighted by atomic mass is 10.4. The van der Waals surface area contributed by atoms with E-state index < -0.39 is 23.4 Å². The molecule has 8 nitrogen and oxygen atoms in total. The van der Waals surface area contributed by atoms with Crippen LogP contribution in [-0.4, -0.2) is 40.3 Å². The van der Waals surface area contributed by atoms with Gasteiger partial charge in [0, 0.05) is 24.6 Å². The molecule has 1 N–H and O–H groups in total. The van der Waals surface area contributed by atoms with Gasteiger partial charge in [0.15, 0.2) is 6.61 Å². The van der Waals surface area contributed by atoms with Gasteiger partial charge < -0.3 is 14.6 Å². The SMILES string of the molecule is Cn1cc([N+](=O)[O-])cc1C(=O)OCC(=O)NCCCSc1ccccc1. The molecule has 0 atom stereocenters. The van der Waals surface area contributed by atoms with Crippen molar-refractivity contribution in [3.05, 3.63) is 58.4 Å². The van der Waals surface area contributed by atoms with Gasteiger partial charge in [0.25, 0.3) is 11.6 Å². The molecule has 0 saturated carbocycles. The Kier molecular flexibility index (Phi) is 7.22. The number of aryl methyl sites for hydroxylation is 1. The van der Waals surface area contributed by atoms with Crippen LogP contribution in [0.2, 0.25) is 0 Å². The number of benzene rings is 1. The number of nitrogens with zero attached hydrogens (tertiary/aromatic N) is 2. The van der Waals surface area contributed by atoms with Gasteiger partial charge in [-0.15, -0.1) is 11.8 Å². The van der Waals surface area contributed by atoms with E-state index in [1.165, 1.54) is 22.7 Å². The van der Waals surface area contributed by atoms with E-state index in [2.05, 4.69) is 5.32 Å². The van der Waals surface area contributed by atoms with Crippen LogP contribution in [0.3, 0.4) is 0 Å². The van der Waals surface area contributed by atoms with Crippen molar-refractivity contribution < 1.29 is 19.2 Å². The fourth-order valence-electron chi connectivity index (χ4n) is 2.11. The molecule has 0 aliphatic rings. The maximum atomic E-state index is 11.9. The summed E-state index contributed by atoms with van der Waals surface area (Å²) in [4.78, 5) is 34.9. The van der Waals surface area contributed by atoms with Crippen LogP contribution < -0.4 is 5.32 Å². The summed E-state index contributed by atoms with van der Waals surface area (Å²) in [5.41, 5.74) is -0.191. The molecule has 1 aromatic carbocycles. The lowest BCUT2D eigenvalue weighted by Gasteiger charge is -2.07. The molecule has 0 bridgehead atoms. The molecule has 0 spiro atoms. The molecule has 0 aliphatic heterocycles. The second-order valence-electron chi connectivity index (χ2n) is 5.39. The van der Waals surface area contributed by atoms with Crippen molar-refractivity contribution in [2.45, 2.75) is 11.3 Å². The summed E-state index contributed by atoms with van der Waals surface area (Å²) >= 11 is 1.70. The zero-order valence-electron chi connectivity index (χ0n) is 14.2. The molecule has 26 heavy (non-hydrogen) atoms. The second-order valence-corrected chi connectivity index (χ2v) is 6.56. The molecule has 0 unspecified atom stereocenters. The van der Waals surface area contributed by atoms with Crippen LogP contribution in [0.15, 0.2) is 47.5 Å². The maximum Gasteiger partial charge on any atom is 0.355 e. The smallest absolute Gasteiger partial charge is 0.355 e. The van der Waals surface area contributed by atoms with Crippen LogP contribution in [0, 0.1) is 10.1 Å². The van der Waals surface area contributed by atoms with E-state index in [4.69, 9.17) is 4.74 Å². The van der Waals surface area contributed by atoms with Gasteiger partial charge in [0.1, 0.15) is 5.69 Å². The number of nitro groups is 1. The van der Waals surface area contributed by atoms with Crippen molar-refractivity contribution in [3.8, 4) is 0 Å². The van der Waals surface area contributed by atoms with Crippen LogP contribution in [-0.2, 0) is 16.6 Å². The zero-order valence-corrected chi connectivity index (χ0v) is 15.0. The fourth-order valence-corrected chi connectivity index (χ4v) is 2.99. The Morgan fingerprint density at radius 2 is 2.04 bits per heavy atom. The topological polar surface area (TPSA) is 103 Å². The van der Waals surface area contributed by atoms with E-state index in [1.807, 2.05) is 30.3 Å². The number of thioether (sulfide) groups is 1. The largest absolute Gasteiger partial charge is 0.451 e. The Morgan fingerprint density at radius 3 is 2.69 bits per heavy atom. The average Bonchev–Trinajstić information content (AvgIpc) is 3.02. The van der Waals surface area contributed by atoms with E-state index in [9.17, 15) is 19.7 Å². The summed E-state index contributed by atoms with van der Waals surface area (Å²) in [5, 5.41) is 13.4. The van der Waals surface area contributed by atoms with Gasteiger partial charge in [-0.3, -0.25) is 14.9 Å². The summed E-state index contributed by atoms with van der Waals surface area (Å²) in [6.45, 7) is 0.0511. The van der Waals surface area contributed by atoms with E-state index in [0.29, 0.717) is 6.54 Å². The number of carbonyl (C=O) groups is 2. The average molecular weight is 377 g/mol. The van der Waals surface area contributed by atoms with E-state index in [0.717, 1.165) is 18.2 Å². The Bertz CT molecular complexity index is 776. The third-order valence-electron chi connectivity index (χ3n) is 3.40. The lowest BCUT2D eigenvalue weighted by molar-refractivity contribution is -0.384. The van der Waals surface area contributed by atoms with Gasteiger partial charge >= 0.3 is 5.97 Å². The number of carbonyl (C=O) groups excluding carboxylic acids is 2. The summed E-state index contributed by atoms with van der Waals surface area (Å²) in [6.07, 6.45) is 1.99. The molecule has 2 rings (SSSR count). The highest BCUT2D eigenvalue weighted by molar-refractivity contribution is 7.99. The van der Waals surface area contributed by atoms with Crippen molar-refractivity contribution in [3.63, 3.8) is 0 Å². The number of hydrogen-bond acceptors (Lipinski definition) is 6. The van der Waals surface area contributed by atoms with Crippen LogP contribution in [0.5, 0.6) is 0 Å². The molecular formula is C17H19N3O5S. The normalized spacial score (nSPS) is 10.3. The Morgan fingerprint density at radius 1 is 1.31 bits per heavy atom. The number of nitrogens with one attached hydrogen (secondary N) is 1. The predicted octanol–water partition coefficient (Wildman–Crippen LogP) is 2.39. The third kappa shape index (κ3) is 5.92. The van der Waals surface area contributed by atoms with Gasteiger partial charge in [-0.2, -0.15) is 0 Å². The number of amides is 1. The van der Waals surface area contributed by atoms with Gasteiger partial charge in [-0.1, -0.05) is 18.2 Å². The summed E-state index contributed by atoms with van der Waals surface area (Å²) in [6, 6.07) is 11.1. The molecule has 2 aromatic rings. The number of aromatic nitrogens is 1. The highest BCUT2D eigenvalue weighted by Gasteiger charge is 2.19. The van der Waals surface area contributed by atoms with Crippen molar-refractivity contribution >= 4 is 29.3 Å². The van der Waals surface area contributed by atoms with Gasteiger partial charge in [-0.05, 0) is 24.3 Å². The van der Waals surface area contributed by atoms with Crippen LogP contribution in [0.25, 0.3) is 0 Å². The number of hydrogen-bond donors (Lipinski definition) is 1. The van der Waals surface area contributed by atoms with Crippen LogP contribution in [0.4, 0.5) is 5.69 Å². The Labute approximate surface area is 154 Å². The first-order valence-corrected chi connectivity index (χ1v) is 8.88. The first-order chi connectivity index (χ1) is 12.5. The molecule has 0 fully saturated rings. The van der Waals surface area contributed by atoms with Crippen LogP contribution in [0.1, 0.15) is 16.9 Å². The highest BCUT2D eigenvalue weighted by Crippen LogP contribution is 2.17. The summed E-state index contributed by atoms with van der Waals surface area (Å²) in [7, 11) is 1.49. The summed E-state index contributed by atoms with van der Waals surface area (Å²) in [5.74, 6) is -0.334. The molecule has 0 aliphatic carbocycles. The standard InChI is InChI=1S/C17H19N3O5S/c1-19-11-13(20(23)24)10-15(19)17(22)25-12-16(21)18-8-5-9-26-14-6-3-2-4-7-14/h2-4,6-7,10-11H,5,8-9,12H2,1H3,(H,18,21). The highest BCUT2D eigenvalue weighted by atomic mass is 32.2. The lowest BCUT2D eigenvalue weighted by Crippen LogP contribution is -2.30. The van der Waals surface area contributed by atoms with Crippen molar-refractivity contribution in [2.24, 2.45) is 7.05 Å². The fraction of sp³-hybridized carbons (Fsp3) is 0.294. The van der Waals surface area contributed by atoms with Gasteiger partial charge in [0.05, 0.1) is 11.1 Å². The third-order valence-corrected chi connectivity index (χ3v) is 4.50. The quantitative estimate of drug-likeness (QED) is 0.237. The molecule has 1 aromatic heterocycles. The van der Waals surface area contributed by atoms with Crippen molar-refractivity contribution in [1.29, 1.82) is 0 Å².